The van der Waals surface area contributed by atoms with Crippen LogP contribution in [0.25, 0.3) is 5.69 Å². The second-order valence-electron chi connectivity index (χ2n) is 5.30. The van der Waals surface area contributed by atoms with E-state index >= 15 is 0 Å². The molecule has 23 heavy (non-hydrogen) atoms. The molecule has 1 amide bonds. The van der Waals surface area contributed by atoms with Crippen LogP contribution >= 0.6 is 0 Å². The van der Waals surface area contributed by atoms with Crippen molar-refractivity contribution >= 4 is 11.6 Å². The third kappa shape index (κ3) is 2.99. The van der Waals surface area contributed by atoms with Crippen molar-refractivity contribution in [3.8, 4) is 5.69 Å². The summed E-state index contributed by atoms with van der Waals surface area (Å²) >= 11 is 0. The quantitative estimate of drug-likeness (QED) is 0.798. The summed E-state index contributed by atoms with van der Waals surface area (Å²) in [7, 11) is 0. The highest BCUT2D eigenvalue weighted by molar-refractivity contribution is 6.05. The molecule has 0 bridgehead atoms. The molecule has 0 radical (unpaired) electrons. The molecular weight excluding hydrogens is 293 g/mol. The van der Waals surface area contributed by atoms with Gasteiger partial charge in [0.1, 0.15) is 5.82 Å². The minimum atomic E-state index is -0.325. The first-order valence-corrected chi connectivity index (χ1v) is 7.24. The lowest BCUT2D eigenvalue weighted by Gasteiger charge is -2.09. The Morgan fingerprint density at radius 3 is 2.57 bits per heavy atom. The van der Waals surface area contributed by atoms with Crippen molar-refractivity contribution in [2.45, 2.75) is 13.8 Å². The zero-order valence-electron chi connectivity index (χ0n) is 12.9. The van der Waals surface area contributed by atoms with Crippen molar-refractivity contribution in [2.75, 3.05) is 5.32 Å². The molecule has 0 aliphatic rings. The molecule has 0 atom stereocenters. The number of carbonyl (C=O) groups is 1. The fraction of sp³-hybridized carbons (Fsp3) is 0.111. The van der Waals surface area contributed by atoms with Crippen LogP contribution in [0.4, 0.5) is 10.1 Å². The van der Waals surface area contributed by atoms with Crippen molar-refractivity contribution in [2.24, 2.45) is 0 Å². The van der Waals surface area contributed by atoms with Crippen LogP contribution in [0.1, 0.15) is 21.6 Å². The maximum Gasteiger partial charge on any atom is 0.259 e. The number of nitrogens with one attached hydrogen (secondary N) is 1. The molecule has 0 spiro atoms. The molecule has 0 aliphatic carbocycles. The van der Waals surface area contributed by atoms with Gasteiger partial charge < -0.3 is 5.32 Å². The largest absolute Gasteiger partial charge is 0.322 e. The number of amides is 1. The lowest BCUT2D eigenvalue weighted by atomic mass is 10.1. The molecule has 4 nitrogen and oxygen atoms in total. The monoisotopic (exact) mass is 309 g/mol. The normalized spacial score (nSPS) is 10.6. The molecule has 1 N–H and O–H groups in total. The first-order chi connectivity index (χ1) is 11.1. The van der Waals surface area contributed by atoms with Crippen LogP contribution in [0, 0.1) is 19.7 Å². The summed E-state index contributed by atoms with van der Waals surface area (Å²) in [5, 5.41) is 7.08. The molecule has 0 unspecified atom stereocenters. The Balaban J connectivity index is 1.88. The van der Waals surface area contributed by atoms with E-state index in [-0.39, 0.29) is 11.7 Å². The van der Waals surface area contributed by atoms with Gasteiger partial charge in [-0.05, 0) is 49.7 Å². The molecule has 3 rings (SSSR count). The Labute approximate surface area is 133 Å². The van der Waals surface area contributed by atoms with Crippen LogP contribution in [0.5, 0.6) is 0 Å². The number of carbonyl (C=O) groups excluding carboxylic acids is 1. The Hall–Kier alpha value is -2.95. The number of aryl methyl sites for hydroxylation is 1. The highest BCUT2D eigenvalue weighted by Crippen LogP contribution is 2.19. The Bertz CT molecular complexity index is 856. The van der Waals surface area contributed by atoms with E-state index < -0.39 is 0 Å². The molecule has 116 valence electrons. The van der Waals surface area contributed by atoms with Crippen LogP contribution in [0.3, 0.4) is 0 Å². The fourth-order valence-electron chi connectivity index (χ4n) is 2.42. The van der Waals surface area contributed by atoms with Gasteiger partial charge in [0.25, 0.3) is 5.91 Å². The summed E-state index contributed by atoms with van der Waals surface area (Å²) in [6, 6.07) is 13.9. The van der Waals surface area contributed by atoms with Crippen molar-refractivity contribution in [1.82, 2.24) is 9.78 Å². The van der Waals surface area contributed by atoms with Gasteiger partial charge in [0, 0.05) is 5.69 Å². The second-order valence-corrected chi connectivity index (χ2v) is 5.30. The van der Waals surface area contributed by atoms with Crippen molar-refractivity contribution in [1.29, 1.82) is 0 Å². The summed E-state index contributed by atoms with van der Waals surface area (Å²) in [6.07, 6.45) is 1.54. The van der Waals surface area contributed by atoms with Gasteiger partial charge in [-0.3, -0.25) is 4.79 Å². The van der Waals surface area contributed by atoms with E-state index in [9.17, 15) is 9.18 Å². The molecule has 3 aromatic rings. The van der Waals surface area contributed by atoms with E-state index in [0.717, 1.165) is 11.4 Å². The van der Waals surface area contributed by atoms with Crippen LogP contribution < -0.4 is 5.32 Å². The number of rotatable bonds is 3. The number of para-hydroxylation sites is 1. The van der Waals surface area contributed by atoms with Gasteiger partial charge in [-0.25, -0.2) is 9.07 Å². The Morgan fingerprint density at radius 2 is 1.87 bits per heavy atom. The van der Waals surface area contributed by atoms with Gasteiger partial charge in [0.15, 0.2) is 0 Å². The molecular formula is C18H16FN3O. The number of anilines is 1. The summed E-state index contributed by atoms with van der Waals surface area (Å²) in [4.78, 5) is 12.5. The second kappa shape index (κ2) is 6.04. The number of benzene rings is 2. The van der Waals surface area contributed by atoms with Crippen LogP contribution in [0.2, 0.25) is 0 Å². The number of hydrogen-bond acceptors (Lipinski definition) is 2. The van der Waals surface area contributed by atoms with Gasteiger partial charge in [-0.1, -0.05) is 18.2 Å². The zero-order valence-corrected chi connectivity index (χ0v) is 12.9. The smallest absolute Gasteiger partial charge is 0.259 e. The molecule has 2 aromatic carbocycles. The van der Waals surface area contributed by atoms with Crippen molar-refractivity contribution in [3.05, 3.63) is 77.4 Å². The first-order valence-electron chi connectivity index (χ1n) is 7.24. The lowest BCUT2D eigenvalue weighted by Crippen LogP contribution is -2.14. The maximum absolute atomic E-state index is 13.1. The highest BCUT2D eigenvalue weighted by Gasteiger charge is 2.16. The predicted octanol–water partition coefficient (Wildman–Crippen LogP) is 3.88. The van der Waals surface area contributed by atoms with E-state index in [2.05, 4.69) is 10.4 Å². The SMILES string of the molecule is Cc1cc(F)ccc1NC(=O)c1cnn(-c2ccccc2)c1C. The molecule has 1 heterocycles. The number of nitrogens with zero attached hydrogens (tertiary/aromatic N) is 2. The molecule has 1 aromatic heterocycles. The topological polar surface area (TPSA) is 46.9 Å². The number of halogens is 1. The van der Waals surface area contributed by atoms with E-state index in [4.69, 9.17) is 0 Å². The third-order valence-electron chi connectivity index (χ3n) is 3.69. The summed E-state index contributed by atoms with van der Waals surface area (Å²) in [6.45, 7) is 3.59. The zero-order chi connectivity index (χ0) is 16.4. The van der Waals surface area contributed by atoms with Crippen molar-refractivity contribution < 1.29 is 9.18 Å². The Kier molecular flexibility index (Phi) is 3.93. The standard InChI is InChI=1S/C18H16FN3O/c1-12-10-14(19)8-9-17(12)21-18(23)16-11-20-22(13(16)2)15-6-4-3-5-7-15/h3-11H,1-2H3,(H,21,23). The number of aromatic nitrogens is 2. The summed E-state index contributed by atoms with van der Waals surface area (Å²) < 4.78 is 14.9. The number of hydrogen-bond donors (Lipinski definition) is 1. The van der Waals surface area contributed by atoms with Gasteiger partial charge in [-0.2, -0.15) is 5.10 Å². The minimum Gasteiger partial charge on any atom is -0.322 e. The van der Waals surface area contributed by atoms with Gasteiger partial charge in [0.05, 0.1) is 23.1 Å². The Morgan fingerprint density at radius 1 is 1.13 bits per heavy atom. The average Bonchev–Trinajstić information content (AvgIpc) is 2.92. The fourth-order valence-corrected chi connectivity index (χ4v) is 2.42. The van der Waals surface area contributed by atoms with Gasteiger partial charge in [-0.15, -0.1) is 0 Å². The molecule has 0 aliphatic heterocycles. The molecule has 0 fully saturated rings. The van der Waals surface area contributed by atoms with Crippen LogP contribution in [-0.2, 0) is 0 Å². The highest BCUT2D eigenvalue weighted by atomic mass is 19.1. The molecule has 0 saturated carbocycles. The first kappa shape index (κ1) is 15.0. The van der Waals surface area contributed by atoms with Gasteiger partial charge in [0.2, 0.25) is 0 Å². The third-order valence-corrected chi connectivity index (χ3v) is 3.69. The lowest BCUT2D eigenvalue weighted by molar-refractivity contribution is 0.102. The predicted molar refractivity (Wildman–Crippen MR) is 87.4 cm³/mol. The van der Waals surface area contributed by atoms with E-state index in [1.165, 1.54) is 18.3 Å². The van der Waals surface area contributed by atoms with Crippen LogP contribution in [0.15, 0.2) is 54.7 Å². The molecule has 5 heteroatoms. The maximum atomic E-state index is 13.1. The van der Waals surface area contributed by atoms with Crippen LogP contribution in [-0.4, -0.2) is 15.7 Å². The van der Waals surface area contributed by atoms with E-state index in [1.807, 2.05) is 37.3 Å². The van der Waals surface area contributed by atoms with Crippen molar-refractivity contribution in [3.63, 3.8) is 0 Å². The minimum absolute atomic E-state index is 0.264. The van der Waals surface area contributed by atoms with E-state index in [0.29, 0.717) is 16.8 Å². The van der Waals surface area contributed by atoms with E-state index in [1.54, 1.807) is 17.7 Å². The summed E-state index contributed by atoms with van der Waals surface area (Å²) in [5.74, 6) is -0.590. The molecule has 0 saturated heterocycles. The summed E-state index contributed by atoms with van der Waals surface area (Å²) in [5.41, 5.74) is 3.38. The average molecular weight is 309 g/mol. The van der Waals surface area contributed by atoms with Gasteiger partial charge >= 0.3 is 0 Å².